The van der Waals surface area contributed by atoms with Gasteiger partial charge >= 0.3 is 0 Å². The molecule has 3 heterocycles. The fraction of sp³-hybridized carbons (Fsp3) is 0.464. The zero-order chi connectivity index (χ0) is 24.9. The molecule has 2 aliphatic heterocycles. The molecular formula is C28H35N5O3. The van der Waals surface area contributed by atoms with Gasteiger partial charge in [0.2, 0.25) is 11.7 Å². The summed E-state index contributed by atoms with van der Waals surface area (Å²) in [4.78, 5) is 24.1. The molecule has 3 aromatic rings. The molecule has 2 fully saturated rings. The summed E-state index contributed by atoms with van der Waals surface area (Å²) in [6.07, 6.45) is 4.05. The molecular weight excluding hydrogens is 454 g/mol. The van der Waals surface area contributed by atoms with Crippen LogP contribution in [0.25, 0.3) is 11.4 Å². The highest BCUT2D eigenvalue weighted by molar-refractivity contribution is 5.94. The van der Waals surface area contributed by atoms with Crippen LogP contribution in [0.1, 0.15) is 41.9 Å². The number of aromatic nitrogens is 2. The van der Waals surface area contributed by atoms with Crippen LogP contribution in [0.3, 0.4) is 0 Å². The van der Waals surface area contributed by atoms with Gasteiger partial charge < -0.3 is 19.4 Å². The number of aliphatic hydroxyl groups excluding tert-OH is 1. The van der Waals surface area contributed by atoms with E-state index in [1.165, 1.54) is 0 Å². The SMILES string of the molecule is CN(Cc1nc(-c2ccccc2)no1)C1CCN(c2ccc(C(=O)N3CCCC(CO)C3)cc2)CC1. The van der Waals surface area contributed by atoms with Gasteiger partial charge in [0.25, 0.3) is 5.91 Å². The molecule has 1 atom stereocenters. The summed E-state index contributed by atoms with van der Waals surface area (Å²) in [7, 11) is 2.12. The highest BCUT2D eigenvalue weighted by Crippen LogP contribution is 2.25. The van der Waals surface area contributed by atoms with Crippen LogP contribution in [0.4, 0.5) is 5.69 Å². The minimum Gasteiger partial charge on any atom is -0.396 e. The van der Waals surface area contributed by atoms with Crippen LogP contribution in [-0.2, 0) is 6.54 Å². The first-order valence-corrected chi connectivity index (χ1v) is 12.9. The van der Waals surface area contributed by atoms with E-state index in [-0.39, 0.29) is 18.4 Å². The number of likely N-dealkylation sites (tertiary alicyclic amines) is 1. The first kappa shape index (κ1) is 24.5. The van der Waals surface area contributed by atoms with Gasteiger partial charge in [-0.3, -0.25) is 9.69 Å². The number of anilines is 1. The average molecular weight is 490 g/mol. The molecule has 5 rings (SSSR count). The molecule has 0 saturated carbocycles. The standard InChI is InChI=1S/C28H35N5O3/c1-31(19-26-29-27(30-36-26)22-7-3-2-4-8-22)24-13-16-32(17-14-24)25-11-9-23(10-12-25)28(35)33-15-5-6-21(18-33)20-34/h2-4,7-12,21,24,34H,5-6,13-20H2,1H3. The van der Waals surface area contributed by atoms with Gasteiger partial charge in [0.05, 0.1) is 6.54 Å². The fourth-order valence-electron chi connectivity index (χ4n) is 5.33. The molecule has 0 spiro atoms. The average Bonchev–Trinajstić information content (AvgIpc) is 3.42. The molecule has 1 amide bonds. The molecule has 36 heavy (non-hydrogen) atoms. The third-order valence-corrected chi connectivity index (χ3v) is 7.52. The first-order valence-electron chi connectivity index (χ1n) is 12.9. The van der Waals surface area contributed by atoms with E-state index in [0.29, 0.717) is 30.8 Å². The van der Waals surface area contributed by atoms with Crippen molar-refractivity contribution in [3.63, 3.8) is 0 Å². The lowest BCUT2D eigenvalue weighted by Crippen LogP contribution is -2.43. The molecule has 2 aliphatic rings. The molecule has 1 aromatic heterocycles. The Kier molecular flexibility index (Phi) is 7.63. The monoisotopic (exact) mass is 489 g/mol. The smallest absolute Gasteiger partial charge is 0.253 e. The number of hydrogen-bond acceptors (Lipinski definition) is 7. The Hall–Kier alpha value is -3.23. The predicted octanol–water partition coefficient (Wildman–Crippen LogP) is 3.68. The molecule has 1 N–H and O–H groups in total. The highest BCUT2D eigenvalue weighted by atomic mass is 16.5. The van der Waals surface area contributed by atoms with Gasteiger partial charge in [-0.1, -0.05) is 35.5 Å². The maximum Gasteiger partial charge on any atom is 0.253 e. The number of rotatable bonds is 7. The van der Waals surface area contributed by atoms with Crippen LogP contribution in [0.15, 0.2) is 59.1 Å². The maximum atomic E-state index is 12.9. The van der Waals surface area contributed by atoms with Crippen molar-refractivity contribution in [3.05, 3.63) is 66.1 Å². The Morgan fingerprint density at radius 2 is 1.81 bits per heavy atom. The molecule has 2 saturated heterocycles. The van der Waals surface area contributed by atoms with E-state index in [0.717, 1.165) is 62.1 Å². The van der Waals surface area contributed by atoms with Crippen LogP contribution in [0.5, 0.6) is 0 Å². The summed E-state index contributed by atoms with van der Waals surface area (Å²) >= 11 is 0. The van der Waals surface area contributed by atoms with Crippen molar-refractivity contribution in [2.24, 2.45) is 5.92 Å². The molecule has 8 nitrogen and oxygen atoms in total. The Labute approximate surface area is 212 Å². The van der Waals surface area contributed by atoms with Crippen molar-refractivity contribution < 1.29 is 14.4 Å². The number of nitrogens with zero attached hydrogens (tertiary/aromatic N) is 5. The lowest BCUT2D eigenvalue weighted by Gasteiger charge is -2.37. The van der Waals surface area contributed by atoms with E-state index in [9.17, 15) is 9.90 Å². The van der Waals surface area contributed by atoms with E-state index in [4.69, 9.17) is 4.52 Å². The summed E-state index contributed by atoms with van der Waals surface area (Å²) in [5.74, 6) is 1.53. The van der Waals surface area contributed by atoms with Gasteiger partial charge in [-0.2, -0.15) is 4.98 Å². The van der Waals surface area contributed by atoms with Gasteiger partial charge in [-0.05, 0) is 62.9 Å². The van der Waals surface area contributed by atoms with E-state index in [2.05, 4.69) is 39.1 Å². The van der Waals surface area contributed by atoms with Crippen molar-refractivity contribution in [2.75, 3.05) is 44.7 Å². The van der Waals surface area contributed by atoms with Gasteiger partial charge in [-0.15, -0.1) is 0 Å². The van der Waals surface area contributed by atoms with Crippen molar-refractivity contribution in [3.8, 4) is 11.4 Å². The number of benzene rings is 2. The van der Waals surface area contributed by atoms with Gasteiger partial charge in [0, 0.05) is 55.6 Å². The minimum atomic E-state index is 0.0662. The summed E-state index contributed by atoms with van der Waals surface area (Å²) < 4.78 is 5.50. The number of carbonyl (C=O) groups excluding carboxylic acids is 1. The number of aliphatic hydroxyl groups is 1. The van der Waals surface area contributed by atoms with Crippen molar-refractivity contribution in [1.82, 2.24) is 19.9 Å². The second-order valence-corrected chi connectivity index (χ2v) is 10.00. The second kappa shape index (κ2) is 11.2. The summed E-state index contributed by atoms with van der Waals surface area (Å²) in [5, 5.41) is 13.6. The number of piperidine rings is 2. The van der Waals surface area contributed by atoms with Crippen LogP contribution in [-0.4, -0.2) is 76.8 Å². The Balaban J connectivity index is 1.12. The second-order valence-electron chi connectivity index (χ2n) is 10.00. The Morgan fingerprint density at radius 1 is 1.06 bits per heavy atom. The van der Waals surface area contributed by atoms with Crippen molar-refractivity contribution in [1.29, 1.82) is 0 Å². The fourth-order valence-corrected chi connectivity index (χ4v) is 5.33. The Bertz CT molecular complexity index is 1130. The van der Waals surface area contributed by atoms with Gasteiger partial charge in [0.1, 0.15) is 0 Å². The largest absolute Gasteiger partial charge is 0.396 e. The molecule has 0 aliphatic carbocycles. The third kappa shape index (κ3) is 5.60. The number of carbonyl (C=O) groups is 1. The van der Waals surface area contributed by atoms with E-state index < -0.39 is 0 Å². The van der Waals surface area contributed by atoms with E-state index in [1.54, 1.807) is 0 Å². The zero-order valence-electron chi connectivity index (χ0n) is 20.9. The normalized spacial score (nSPS) is 19.1. The van der Waals surface area contributed by atoms with Crippen LogP contribution < -0.4 is 4.90 Å². The molecule has 0 radical (unpaired) electrons. The quantitative estimate of drug-likeness (QED) is 0.542. The molecule has 1 unspecified atom stereocenters. The van der Waals surface area contributed by atoms with E-state index in [1.807, 2.05) is 47.4 Å². The molecule has 0 bridgehead atoms. The van der Waals surface area contributed by atoms with E-state index >= 15 is 0 Å². The first-order chi connectivity index (χ1) is 17.6. The molecule has 2 aromatic carbocycles. The minimum absolute atomic E-state index is 0.0662. The van der Waals surface area contributed by atoms with Crippen molar-refractivity contribution >= 4 is 11.6 Å². The highest BCUT2D eigenvalue weighted by Gasteiger charge is 2.26. The summed E-state index contributed by atoms with van der Waals surface area (Å²) in [5.41, 5.74) is 2.84. The maximum absolute atomic E-state index is 12.9. The lowest BCUT2D eigenvalue weighted by atomic mass is 9.98. The van der Waals surface area contributed by atoms with Crippen LogP contribution in [0, 0.1) is 5.92 Å². The summed E-state index contributed by atoms with van der Waals surface area (Å²) in [6, 6.07) is 18.3. The van der Waals surface area contributed by atoms with Gasteiger partial charge in [-0.25, -0.2) is 0 Å². The van der Waals surface area contributed by atoms with Crippen LogP contribution >= 0.6 is 0 Å². The topological polar surface area (TPSA) is 85.9 Å². The third-order valence-electron chi connectivity index (χ3n) is 7.52. The molecule has 190 valence electrons. The van der Waals surface area contributed by atoms with Crippen LogP contribution in [0.2, 0.25) is 0 Å². The number of hydrogen-bond donors (Lipinski definition) is 1. The van der Waals surface area contributed by atoms with Gasteiger partial charge in [0.15, 0.2) is 0 Å². The van der Waals surface area contributed by atoms with Crippen molar-refractivity contribution in [2.45, 2.75) is 38.3 Å². The Morgan fingerprint density at radius 3 is 2.53 bits per heavy atom. The summed E-state index contributed by atoms with van der Waals surface area (Å²) in [6.45, 7) is 4.13. The molecule has 8 heteroatoms. The lowest BCUT2D eigenvalue weighted by molar-refractivity contribution is 0.0620. The predicted molar refractivity (Wildman–Crippen MR) is 139 cm³/mol. The zero-order valence-corrected chi connectivity index (χ0v) is 20.9. The number of amides is 1.